The number of benzene rings is 1. The van der Waals surface area contributed by atoms with Crippen molar-refractivity contribution in [1.82, 2.24) is 58.5 Å². The Balaban J connectivity index is 1.91. The van der Waals surface area contributed by atoms with E-state index in [0.717, 1.165) is 12.1 Å². The molecule has 0 bridgehead atoms. The number of carboxylic acids is 1. The van der Waals surface area contributed by atoms with Crippen LogP contribution in [0.5, 0.6) is 5.75 Å². The average molecular weight is 877 g/mol. The van der Waals surface area contributed by atoms with Crippen molar-refractivity contribution >= 4 is 41.4 Å². The van der Waals surface area contributed by atoms with E-state index in [1.165, 1.54) is 12.1 Å². The Morgan fingerprint density at radius 3 is 1.98 bits per heavy atom. The van der Waals surface area contributed by atoms with Crippen LogP contribution in [0.3, 0.4) is 0 Å². The van der Waals surface area contributed by atoms with Crippen LogP contribution in [-0.4, -0.2) is 154 Å². The summed E-state index contributed by atoms with van der Waals surface area (Å²) < 4.78 is 0. The Bertz CT molecular complexity index is 1550. The van der Waals surface area contributed by atoms with Crippen molar-refractivity contribution in [2.75, 3.05) is 85.6 Å². The normalized spacial score (nSPS) is 19.0. The number of carbonyl (C=O) groups excluding carboxylic acids is 6. The fourth-order valence-corrected chi connectivity index (χ4v) is 6.66. The quantitative estimate of drug-likeness (QED) is 0.0392. The number of aliphatic carboxylic acids is 1. The number of hydrogen-bond donors (Lipinski definition) is 14. The predicted molar refractivity (Wildman–Crippen MR) is 234 cm³/mol. The zero-order valence-electron chi connectivity index (χ0n) is 36.5. The van der Waals surface area contributed by atoms with E-state index in [2.05, 4.69) is 58.5 Å². The first-order valence-electron chi connectivity index (χ1n) is 21.6. The number of carboxylic acid groups (broad SMARTS) is 1. The Morgan fingerprint density at radius 1 is 0.710 bits per heavy atom. The van der Waals surface area contributed by atoms with Gasteiger partial charge in [0.2, 0.25) is 35.4 Å². The molecule has 1 heterocycles. The lowest BCUT2D eigenvalue weighted by molar-refractivity contribution is -0.137. The van der Waals surface area contributed by atoms with Gasteiger partial charge in [-0.2, -0.15) is 0 Å². The number of carbonyl (C=O) groups is 7. The number of hydrogen-bond acceptors (Lipinski definition) is 14. The van der Waals surface area contributed by atoms with E-state index in [1.807, 2.05) is 14.0 Å². The van der Waals surface area contributed by atoms with Gasteiger partial charge in [-0.25, -0.2) is 0 Å². The summed E-state index contributed by atoms with van der Waals surface area (Å²) in [5.74, 6) is -3.03. The maximum Gasteiger partial charge on any atom is 0.303 e. The molecule has 21 nitrogen and oxygen atoms in total. The van der Waals surface area contributed by atoms with Crippen molar-refractivity contribution < 1.29 is 43.8 Å². The number of rotatable bonds is 27. The van der Waals surface area contributed by atoms with Gasteiger partial charge in [-0.15, -0.1) is 0 Å². The van der Waals surface area contributed by atoms with Crippen LogP contribution >= 0.6 is 0 Å². The third-order valence-electron chi connectivity index (χ3n) is 9.97. The zero-order valence-corrected chi connectivity index (χ0v) is 36.5. The summed E-state index contributed by atoms with van der Waals surface area (Å²) in [5.41, 5.74) is 4.24. The molecule has 0 aliphatic carbocycles. The summed E-state index contributed by atoms with van der Waals surface area (Å²) in [7, 11) is 1.86. The summed E-state index contributed by atoms with van der Waals surface area (Å²) >= 11 is 0. The second-order valence-corrected chi connectivity index (χ2v) is 15.9. The van der Waals surface area contributed by atoms with Crippen molar-refractivity contribution in [1.29, 1.82) is 0 Å². The van der Waals surface area contributed by atoms with Gasteiger partial charge in [0.05, 0.1) is 12.1 Å². The highest BCUT2D eigenvalue weighted by Crippen LogP contribution is 2.12. The molecule has 21 heteroatoms. The lowest BCUT2D eigenvalue weighted by Crippen LogP contribution is -2.69. The van der Waals surface area contributed by atoms with Gasteiger partial charge >= 0.3 is 5.97 Å². The van der Waals surface area contributed by atoms with Gasteiger partial charge < -0.3 is 69.1 Å². The van der Waals surface area contributed by atoms with Gasteiger partial charge in [0.25, 0.3) is 0 Å². The fourth-order valence-electron chi connectivity index (χ4n) is 6.66. The van der Waals surface area contributed by atoms with Crippen LogP contribution in [0.1, 0.15) is 76.7 Å². The summed E-state index contributed by atoms with van der Waals surface area (Å²) in [6.07, 6.45) is 2.78. The first kappa shape index (κ1) is 53.2. The number of phenols is 1. The first-order chi connectivity index (χ1) is 29.6. The van der Waals surface area contributed by atoms with Gasteiger partial charge in [0.1, 0.15) is 17.5 Å². The molecule has 0 saturated carbocycles. The maximum atomic E-state index is 13.2. The molecule has 1 aliphatic heterocycles. The third kappa shape index (κ3) is 24.5. The number of phenolic OH excluding ortho intramolecular Hbond substituents is 1. The van der Waals surface area contributed by atoms with E-state index in [4.69, 9.17) is 10.8 Å². The zero-order chi connectivity index (χ0) is 45.6. The highest BCUT2D eigenvalue weighted by Gasteiger charge is 2.32. The molecule has 1 aliphatic rings. The van der Waals surface area contributed by atoms with Crippen LogP contribution in [-0.2, 0) is 40.0 Å². The van der Waals surface area contributed by atoms with E-state index in [1.54, 1.807) is 12.1 Å². The lowest BCUT2D eigenvalue weighted by atomic mass is 10.0. The molecule has 1 saturated heterocycles. The number of likely N-dealkylation sites (N-methyl/N-ethyl adjacent to an activating group) is 1. The van der Waals surface area contributed by atoms with E-state index < -0.39 is 29.1 Å². The fraction of sp³-hybridized carbons (Fsp3) is 0.683. The second-order valence-electron chi connectivity index (χ2n) is 15.9. The number of primary amides is 1. The van der Waals surface area contributed by atoms with E-state index >= 15 is 0 Å². The van der Waals surface area contributed by atoms with Crippen LogP contribution in [0, 0.1) is 0 Å². The summed E-state index contributed by atoms with van der Waals surface area (Å²) in [6, 6.07) is 5.44. The molecule has 1 aromatic rings. The standard InChI is InChI=1S/C41H72N12O9/c1-40(26-44-20-21-47-29-41(28-46-19-18-43-2,50-23-22-45-27-40)53-37(59)11-7-12-38(60)61)52-36(58)10-6-9-35(57)51-32(24-30-13-15-31(54)16-14-30)39(62)48-17-5-3-4-8-34(56)49-25-33(42)55/h13-16,32,43-47,50,54H,3-12,17-29H2,1-2H3,(H2,42,55)(H,48,62)(H,49,56)(H,51,57)(H,52,58)(H,53,59)(H,60,61)/t32?,40-,41?/m1/s1. The number of nitrogens with two attached hydrogens (primary N) is 1. The topological polar surface area (TPSA) is 318 Å². The SMILES string of the molecule is CNCCNCC1(NC(=O)CCCC(=O)O)CNCCNC[C@@](C)(NC(=O)CCCC(=O)NC(Cc2ccc(O)cc2)C(=O)NCCCCCC(=O)NCC(N)=O)CNCCN1. The minimum Gasteiger partial charge on any atom is -0.508 e. The molecular weight excluding hydrogens is 805 g/mol. The van der Waals surface area contributed by atoms with Crippen LogP contribution in [0.15, 0.2) is 24.3 Å². The molecule has 62 heavy (non-hydrogen) atoms. The second kappa shape index (κ2) is 30.2. The molecule has 350 valence electrons. The number of nitrogens with one attached hydrogen (secondary N) is 11. The maximum absolute atomic E-state index is 13.2. The third-order valence-corrected chi connectivity index (χ3v) is 9.97. The molecule has 0 aromatic heterocycles. The minimum atomic E-state index is -0.948. The van der Waals surface area contributed by atoms with Gasteiger partial charge in [-0.3, -0.25) is 38.9 Å². The molecule has 15 N–H and O–H groups in total. The molecule has 2 rings (SSSR count). The van der Waals surface area contributed by atoms with Crippen molar-refractivity contribution in [2.24, 2.45) is 5.73 Å². The molecule has 6 amide bonds. The number of unbranched alkanes of at least 4 members (excludes halogenated alkanes) is 2. The summed E-state index contributed by atoms with van der Waals surface area (Å²) in [6.45, 7) is 7.27. The molecule has 2 unspecified atom stereocenters. The van der Waals surface area contributed by atoms with Crippen LogP contribution < -0.4 is 64.2 Å². The van der Waals surface area contributed by atoms with E-state index in [-0.39, 0.29) is 93.2 Å². The Morgan fingerprint density at radius 2 is 1.32 bits per heavy atom. The number of amides is 6. The molecular formula is C41H72N12O9. The number of aromatic hydroxyl groups is 1. The largest absolute Gasteiger partial charge is 0.508 e. The van der Waals surface area contributed by atoms with E-state index in [0.29, 0.717) is 84.7 Å². The molecule has 3 atom stereocenters. The minimum absolute atomic E-state index is 0.0107. The Labute approximate surface area is 364 Å². The predicted octanol–water partition coefficient (Wildman–Crippen LogP) is -3.01. The van der Waals surface area contributed by atoms with Crippen molar-refractivity contribution in [3.8, 4) is 5.75 Å². The highest BCUT2D eigenvalue weighted by molar-refractivity contribution is 5.88. The van der Waals surface area contributed by atoms with Crippen LogP contribution in [0.2, 0.25) is 0 Å². The highest BCUT2D eigenvalue weighted by atomic mass is 16.4. The summed E-state index contributed by atoms with van der Waals surface area (Å²) in [5, 5.41) is 53.2. The van der Waals surface area contributed by atoms with Gasteiger partial charge in [0, 0.05) is 111 Å². The smallest absolute Gasteiger partial charge is 0.303 e. The molecule has 1 fully saturated rings. The molecule has 1 aromatic carbocycles. The van der Waals surface area contributed by atoms with Gasteiger partial charge in [-0.05, 0) is 57.4 Å². The summed E-state index contributed by atoms with van der Waals surface area (Å²) in [4.78, 5) is 86.1. The monoisotopic (exact) mass is 877 g/mol. The molecule has 0 spiro atoms. The average Bonchev–Trinajstić information content (AvgIpc) is 3.22. The van der Waals surface area contributed by atoms with Crippen molar-refractivity contribution in [2.45, 2.75) is 94.8 Å². The van der Waals surface area contributed by atoms with Gasteiger partial charge in [0.15, 0.2) is 0 Å². The lowest BCUT2D eigenvalue weighted by Gasteiger charge is -2.37. The van der Waals surface area contributed by atoms with Gasteiger partial charge in [-0.1, -0.05) is 18.6 Å². The Kier molecular flexibility index (Phi) is 25.9. The molecule has 0 radical (unpaired) electrons. The van der Waals surface area contributed by atoms with Crippen molar-refractivity contribution in [3.63, 3.8) is 0 Å². The van der Waals surface area contributed by atoms with Crippen LogP contribution in [0.25, 0.3) is 0 Å². The van der Waals surface area contributed by atoms with E-state index in [9.17, 15) is 38.7 Å². The first-order valence-corrected chi connectivity index (χ1v) is 21.6. The Hall–Kier alpha value is -4.93. The van der Waals surface area contributed by atoms with Crippen LogP contribution in [0.4, 0.5) is 0 Å². The van der Waals surface area contributed by atoms with Crippen molar-refractivity contribution in [3.05, 3.63) is 29.8 Å².